The van der Waals surface area contributed by atoms with Crippen molar-refractivity contribution >= 4 is 29.3 Å². The molecule has 4 nitrogen and oxygen atoms in total. The van der Waals surface area contributed by atoms with Crippen LogP contribution in [0.25, 0.3) is 0 Å². The van der Waals surface area contributed by atoms with E-state index in [1.807, 2.05) is 48.5 Å². The van der Waals surface area contributed by atoms with Crippen LogP contribution in [0.5, 0.6) is 5.75 Å². The maximum absolute atomic E-state index is 12.8. The molecule has 0 N–H and O–H groups in total. The van der Waals surface area contributed by atoms with Crippen LogP contribution in [0.2, 0.25) is 0 Å². The molecule has 0 amide bonds. The van der Waals surface area contributed by atoms with Gasteiger partial charge in [0, 0.05) is 0 Å². The average molecular weight is 418 g/mol. The van der Waals surface area contributed by atoms with Crippen molar-refractivity contribution in [3.8, 4) is 5.75 Å². The van der Waals surface area contributed by atoms with Gasteiger partial charge in [0.25, 0.3) is 0 Å². The topological polar surface area (TPSA) is 44.8 Å². The molecule has 6 heteroatoms. The molecular weight excluding hydrogens is 403 g/mol. The molecular formula is C15H15O4PTe. The van der Waals surface area contributed by atoms with E-state index < -0.39 is 25.7 Å². The van der Waals surface area contributed by atoms with E-state index in [1.54, 1.807) is 7.11 Å². The van der Waals surface area contributed by atoms with Crippen molar-refractivity contribution in [3.05, 3.63) is 59.7 Å². The molecule has 0 bridgehead atoms. The zero-order valence-corrected chi connectivity index (χ0v) is 14.7. The molecule has 0 fully saturated rings. The average Bonchev–Trinajstić information content (AvgIpc) is 2.68. The summed E-state index contributed by atoms with van der Waals surface area (Å²) in [6, 6.07) is 15.5. The number of rotatable bonds is 3. The first-order chi connectivity index (χ1) is 10.2. The van der Waals surface area contributed by atoms with Gasteiger partial charge in [-0.15, -0.1) is 0 Å². The molecule has 0 spiro atoms. The van der Waals surface area contributed by atoms with Gasteiger partial charge in [-0.3, -0.25) is 0 Å². The number of fused-ring (bicyclic) bond motifs is 1. The molecule has 0 aromatic heterocycles. The van der Waals surface area contributed by atoms with E-state index in [0.29, 0.717) is 13.2 Å². The van der Waals surface area contributed by atoms with Crippen LogP contribution in [0, 0.1) is 0 Å². The van der Waals surface area contributed by atoms with Gasteiger partial charge in [0.15, 0.2) is 0 Å². The van der Waals surface area contributed by atoms with Crippen molar-refractivity contribution in [3.63, 3.8) is 0 Å². The molecule has 0 unspecified atom stereocenters. The molecule has 21 heavy (non-hydrogen) atoms. The van der Waals surface area contributed by atoms with Crippen molar-refractivity contribution in [2.45, 2.75) is 13.2 Å². The van der Waals surface area contributed by atoms with Crippen LogP contribution < -0.4 is 8.35 Å². The molecule has 0 aliphatic carbocycles. The number of hydrogen-bond donors (Lipinski definition) is 0. The SMILES string of the molecule is COc1ccc([Te]P2(=O)OCc3ccccc3CO2)cc1. The Hall–Kier alpha value is -0.820. The van der Waals surface area contributed by atoms with Crippen LogP contribution in [-0.2, 0) is 26.8 Å². The third-order valence-electron chi connectivity index (χ3n) is 3.15. The molecule has 2 aromatic rings. The van der Waals surface area contributed by atoms with Crippen molar-refractivity contribution in [2.75, 3.05) is 7.11 Å². The third-order valence-corrected chi connectivity index (χ3v) is 10.8. The molecule has 0 radical (unpaired) electrons. The first kappa shape index (κ1) is 15.1. The van der Waals surface area contributed by atoms with Crippen molar-refractivity contribution < 1.29 is 18.3 Å². The van der Waals surface area contributed by atoms with E-state index in [1.165, 1.54) is 0 Å². The standard InChI is InChI=1S/C15H15O4PTe/c1-17-14-6-8-15(9-7-14)21-20(16)18-10-12-4-2-3-5-13(12)11-19-20/h2-9H,10-11H2,1H3. The number of ether oxygens (including phenoxy) is 1. The van der Waals surface area contributed by atoms with E-state index in [4.69, 9.17) is 13.8 Å². The summed E-state index contributed by atoms with van der Waals surface area (Å²) in [6.45, 7) is 0.711. The molecule has 110 valence electrons. The van der Waals surface area contributed by atoms with E-state index >= 15 is 0 Å². The minimum absolute atomic E-state index is 0.356. The first-order valence-corrected chi connectivity index (χ1v) is 12.2. The fourth-order valence-corrected chi connectivity index (χ4v) is 8.59. The fourth-order valence-electron chi connectivity index (χ4n) is 1.99. The zero-order chi connectivity index (χ0) is 14.7. The summed E-state index contributed by atoms with van der Waals surface area (Å²) >= 11 is -1.07. The summed E-state index contributed by atoms with van der Waals surface area (Å²) in [7, 11) is 1.63. The summed E-state index contributed by atoms with van der Waals surface area (Å²) in [5.74, 6) is 0.791. The van der Waals surface area contributed by atoms with Crippen molar-refractivity contribution in [2.24, 2.45) is 0 Å². The van der Waals surface area contributed by atoms with Crippen LogP contribution in [0.4, 0.5) is 0 Å². The van der Waals surface area contributed by atoms with E-state index in [0.717, 1.165) is 20.5 Å². The Morgan fingerprint density at radius 1 is 1.00 bits per heavy atom. The van der Waals surface area contributed by atoms with Gasteiger partial charge in [-0.05, 0) is 0 Å². The molecule has 3 rings (SSSR count). The van der Waals surface area contributed by atoms with Gasteiger partial charge in [-0.1, -0.05) is 0 Å². The van der Waals surface area contributed by atoms with Crippen molar-refractivity contribution in [1.29, 1.82) is 0 Å². The van der Waals surface area contributed by atoms with Gasteiger partial charge in [-0.2, -0.15) is 0 Å². The van der Waals surface area contributed by atoms with E-state index in [-0.39, 0.29) is 0 Å². The third kappa shape index (κ3) is 3.69. The second-order valence-corrected chi connectivity index (χ2v) is 12.9. The second kappa shape index (κ2) is 6.52. The van der Waals surface area contributed by atoms with Crippen LogP contribution in [-0.4, -0.2) is 27.5 Å². The Kier molecular flexibility index (Phi) is 4.69. The molecule has 0 atom stereocenters. The minimum atomic E-state index is -3.00. The number of benzene rings is 2. The summed E-state index contributed by atoms with van der Waals surface area (Å²) < 4.78 is 30.3. The second-order valence-electron chi connectivity index (χ2n) is 4.53. The first-order valence-electron chi connectivity index (χ1n) is 6.48. The van der Waals surface area contributed by atoms with Crippen molar-refractivity contribution in [1.82, 2.24) is 0 Å². The molecule has 0 saturated heterocycles. The van der Waals surface area contributed by atoms with Gasteiger partial charge in [-0.25, -0.2) is 0 Å². The normalized spacial score (nSPS) is 16.8. The zero-order valence-electron chi connectivity index (χ0n) is 11.5. The fraction of sp³-hybridized carbons (Fsp3) is 0.200. The Labute approximate surface area is 133 Å². The molecule has 0 saturated carbocycles. The number of methoxy groups -OCH3 is 1. The van der Waals surface area contributed by atoms with Crippen LogP contribution >= 0.6 is 5.29 Å². The molecule has 1 heterocycles. The molecule has 1 aliphatic heterocycles. The van der Waals surface area contributed by atoms with Gasteiger partial charge in [0.05, 0.1) is 0 Å². The Morgan fingerprint density at radius 3 is 2.10 bits per heavy atom. The summed E-state index contributed by atoms with van der Waals surface area (Å²) in [5, 5.41) is -3.00. The van der Waals surface area contributed by atoms with Gasteiger partial charge in [0.2, 0.25) is 0 Å². The van der Waals surface area contributed by atoms with E-state index in [2.05, 4.69) is 0 Å². The van der Waals surface area contributed by atoms with Gasteiger partial charge in [0.1, 0.15) is 0 Å². The number of hydrogen-bond acceptors (Lipinski definition) is 4. The van der Waals surface area contributed by atoms with Crippen LogP contribution in [0.3, 0.4) is 0 Å². The molecule has 1 aliphatic rings. The Balaban J connectivity index is 1.75. The maximum atomic E-state index is 12.8. The summed E-state index contributed by atoms with van der Waals surface area (Å²) in [4.78, 5) is 0. The monoisotopic (exact) mass is 420 g/mol. The molecule has 2 aromatic carbocycles. The Morgan fingerprint density at radius 2 is 1.57 bits per heavy atom. The van der Waals surface area contributed by atoms with Gasteiger partial charge >= 0.3 is 133 Å². The van der Waals surface area contributed by atoms with E-state index in [9.17, 15) is 4.57 Å². The summed E-state index contributed by atoms with van der Waals surface area (Å²) in [6.07, 6.45) is 0. The summed E-state index contributed by atoms with van der Waals surface area (Å²) in [5.41, 5.74) is 2.11. The predicted octanol–water partition coefficient (Wildman–Crippen LogP) is 2.88. The predicted molar refractivity (Wildman–Crippen MR) is 82.0 cm³/mol. The quantitative estimate of drug-likeness (QED) is 0.569. The van der Waals surface area contributed by atoms with Crippen LogP contribution in [0.1, 0.15) is 11.1 Å². The van der Waals surface area contributed by atoms with Crippen LogP contribution in [0.15, 0.2) is 48.5 Å². The van der Waals surface area contributed by atoms with Gasteiger partial charge < -0.3 is 0 Å². The Bertz CT molecular complexity index is 641.